The number of nitrogens with zero attached hydrogens (tertiary/aromatic N) is 1. The van der Waals surface area contributed by atoms with Crippen molar-refractivity contribution in [2.45, 2.75) is 6.92 Å². The van der Waals surface area contributed by atoms with Gasteiger partial charge in [0.2, 0.25) is 0 Å². The van der Waals surface area contributed by atoms with Gasteiger partial charge in [-0.2, -0.15) is 0 Å². The number of hydrogen-bond donors (Lipinski definition) is 0. The fourth-order valence-electron chi connectivity index (χ4n) is 3.56. The molecule has 0 spiro atoms. The summed E-state index contributed by atoms with van der Waals surface area (Å²) < 4.78 is 2.32. The lowest BCUT2D eigenvalue weighted by molar-refractivity contribution is 1.24. The van der Waals surface area contributed by atoms with E-state index < -0.39 is 0 Å². The van der Waals surface area contributed by atoms with E-state index in [0.717, 1.165) is 5.70 Å². The first-order valence-corrected chi connectivity index (χ1v) is 8.88. The zero-order chi connectivity index (χ0) is 17.9. The zero-order valence-electron chi connectivity index (χ0n) is 14.9. The summed E-state index contributed by atoms with van der Waals surface area (Å²) in [7, 11) is 0. The largest absolute Gasteiger partial charge is 0.309 e. The summed E-state index contributed by atoms with van der Waals surface area (Å²) >= 11 is 0. The Bertz CT molecular complexity index is 1140. The van der Waals surface area contributed by atoms with Gasteiger partial charge < -0.3 is 4.57 Å². The van der Waals surface area contributed by atoms with Gasteiger partial charge in [0.25, 0.3) is 0 Å². The van der Waals surface area contributed by atoms with E-state index in [1.807, 2.05) is 13.0 Å². The molecule has 26 heavy (non-hydrogen) atoms. The normalized spacial score (nSPS) is 12.3. The van der Waals surface area contributed by atoms with Gasteiger partial charge in [-0.05, 0) is 42.3 Å². The van der Waals surface area contributed by atoms with E-state index in [1.54, 1.807) is 0 Å². The quantitative estimate of drug-likeness (QED) is 0.352. The maximum atomic E-state index is 3.89. The van der Waals surface area contributed by atoms with E-state index in [1.165, 1.54) is 32.9 Å². The molecule has 0 aliphatic heterocycles. The van der Waals surface area contributed by atoms with Crippen molar-refractivity contribution in [3.8, 4) is 11.1 Å². The number of allylic oxidation sites excluding steroid dienone is 5. The maximum Gasteiger partial charge on any atom is 0.0547 e. The minimum absolute atomic E-state index is 1.11. The Balaban J connectivity index is 2.09. The molecule has 0 atom stereocenters. The van der Waals surface area contributed by atoms with Crippen molar-refractivity contribution >= 4 is 27.5 Å². The van der Waals surface area contributed by atoms with Gasteiger partial charge in [0, 0.05) is 16.5 Å². The van der Waals surface area contributed by atoms with Gasteiger partial charge in [-0.25, -0.2) is 0 Å². The molecule has 0 amide bonds. The van der Waals surface area contributed by atoms with Crippen molar-refractivity contribution in [2.24, 2.45) is 0 Å². The van der Waals surface area contributed by atoms with Crippen LogP contribution in [-0.4, -0.2) is 4.57 Å². The lowest BCUT2D eigenvalue weighted by Crippen LogP contribution is -1.94. The van der Waals surface area contributed by atoms with Crippen LogP contribution in [0.2, 0.25) is 0 Å². The molecule has 1 heteroatoms. The van der Waals surface area contributed by atoms with Gasteiger partial charge in [0.05, 0.1) is 11.0 Å². The summed E-state index contributed by atoms with van der Waals surface area (Å²) in [5, 5.41) is 2.53. The highest BCUT2D eigenvalue weighted by molar-refractivity contribution is 6.11. The van der Waals surface area contributed by atoms with Crippen molar-refractivity contribution in [3.05, 3.63) is 104 Å². The van der Waals surface area contributed by atoms with Gasteiger partial charge in [-0.15, -0.1) is 0 Å². The van der Waals surface area contributed by atoms with Crippen molar-refractivity contribution in [3.63, 3.8) is 0 Å². The highest BCUT2D eigenvalue weighted by Gasteiger charge is 2.13. The van der Waals surface area contributed by atoms with Crippen molar-refractivity contribution in [1.29, 1.82) is 0 Å². The van der Waals surface area contributed by atoms with E-state index in [0.29, 0.717) is 0 Å². The lowest BCUT2D eigenvalue weighted by atomic mass is 10.0. The van der Waals surface area contributed by atoms with Gasteiger partial charge in [0.15, 0.2) is 0 Å². The first-order chi connectivity index (χ1) is 12.8. The third-order valence-corrected chi connectivity index (χ3v) is 4.67. The van der Waals surface area contributed by atoms with Gasteiger partial charge >= 0.3 is 0 Å². The second kappa shape index (κ2) is 6.89. The summed E-state index contributed by atoms with van der Waals surface area (Å²) in [5.74, 6) is 0. The molecule has 0 bridgehead atoms. The molecule has 4 aromatic rings. The van der Waals surface area contributed by atoms with E-state index in [-0.39, 0.29) is 0 Å². The van der Waals surface area contributed by atoms with Crippen LogP contribution in [0.25, 0.3) is 38.6 Å². The summed E-state index contributed by atoms with van der Waals surface area (Å²) in [6.07, 6.45) is 8.10. The summed E-state index contributed by atoms with van der Waals surface area (Å²) in [5.41, 5.74) is 5.98. The van der Waals surface area contributed by atoms with Crippen molar-refractivity contribution in [1.82, 2.24) is 4.57 Å². The molecule has 0 unspecified atom stereocenters. The molecule has 1 nitrogen and oxygen atoms in total. The molecule has 4 rings (SSSR count). The third kappa shape index (κ3) is 2.68. The third-order valence-electron chi connectivity index (χ3n) is 4.67. The highest BCUT2D eigenvalue weighted by Crippen LogP contribution is 2.34. The SMILES string of the molecule is C=C/C=C(\C=C/C)n1c2ccccc2c2ccc(-c3ccccc3)cc21. The summed E-state index contributed by atoms with van der Waals surface area (Å²) in [6, 6.07) is 25.8. The molecule has 126 valence electrons. The van der Waals surface area contributed by atoms with E-state index in [2.05, 4.69) is 102 Å². The highest BCUT2D eigenvalue weighted by atomic mass is 15.0. The summed E-state index contributed by atoms with van der Waals surface area (Å²) in [6.45, 7) is 5.94. The first-order valence-electron chi connectivity index (χ1n) is 8.88. The maximum absolute atomic E-state index is 3.89. The molecule has 0 aliphatic carbocycles. The molecule has 0 aliphatic rings. The predicted octanol–water partition coefficient (Wildman–Crippen LogP) is 7.06. The van der Waals surface area contributed by atoms with Crippen LogP contribution < -0.4 is 0 Å². The first kappa shape index (κ1) is 16.2. The minimum atomic E-state index is 1.11. The second-order valence-corrected chi connectivity index (χ2v) is 6.28. The van der Waals surface area contributed by atoms with Crippen LogP contribution in [0.5, 0.6) is 0 Å². The van der Waals surface area contributed by atoms with Crippen LogP contribution in [0, 0.1) is 0 Å². The Labute approximate surface area is 154 Å². The Morgan fingerprint density at radius 1 is 0.808 bits per heavy atom. The average Bonchev–Trinajstić information content (AvgIpc) is 3.02. The molecular weight excluding hydrogens is 314 g/mol. The van der Waals surface area contributed by atoms with Gasteiger partial charge in [-0.1, -0.05) is 79.4 Å². The fourth-order valence-corrected chi connectivity index (χ4v) is 3.56. The van der Waals surface area contributed by atoms with Crippen LogP contribution in [0.15, 0.2) is 104 Å². The molecule has 0 radical (unpaired) electrons. The second-order valence-electron chi connectivity index (χ2n) is 6.28. The Morgan fingerprint density at radius 2 is 1.54 bits per heavy atom. The van der Waals surface area contributed by atoms with Crippen LogP contribution >= 0.6 is 0 Å². The standard InChI is InChI=1S/C25H21N/c1-3-10-21(11-4-2)26-24-15-9-8-14-22(24)23-17-16-20(18-25(23)26)19-12-6-5-7-13-19/h3-18H,1H2,2H3/b11-4-,21-10+. The molecule has 0 fully saturated rings. The smallest absolute Gasteiger partial charge is 0.0547 e. The van der Waals surface area contributed by atoms with E-state index in [4.69, 9.17) is 0 Å². The minimum Gasteiger partial charge on any atom is -0.309 e. The monoisotopic (exact) mass is 335 g/mol. The molecule has 0 saturated carbocycles. The molecule has 1 heterocycles. The number of fused-ring (bicyclic) bond motifs is 3. The Kier molecular flexibility index (Phi) is 4.28. The molecule has 1 aromatic heterocycles. The van der Waals surface area contributed by atoms with E-state index in [9.17, 15) is 0 Å². The van der Waals surface area contributed by atoms with Crippen LogP contribution in [0.4, 0.5) is 0 Å². The van der Waals surface area contributed by atoms with Crippen LogP contribution in [0.3, 0.4) is 0 Å². The molecular formula is C25H21N. The topological polar surface area (TPSA) is 4.93 Å². The Morgan fingerprint density at radius 3 is 2.31 bits per heavy atom. The molecule has 3 aromatic carbocycles. The van der Waals surface area contributed by atoms with Crippen LogP contribution in [-0.2, 0) is 0 Å². The number of benzene rings is 3. The fraction of sp³-hybridized carbons (Fsp3) is 0.0400. The molecule has 0 N–H and O–H groups in total. The number of para-hydroxylation sites is 1. The van der Waals surface area contributed by atoms with Crippen molar-refractivity contribution < 1.29 is 0 Å². The van der Waals surface area contributed by atoms with E-state index >= 15 is 0 Å². The lowest BCUT2D eigenvalue weighted by Gasteiger charge is -2.09. The molecule has 0 saturated heterocycles. The average molecular weight is 335 g/mol. The number of rotatable bonds is 4. The predicted molar refractivity (Wildman–Crippen MR) is 114 cm³/mol. The van der Waals surface area contributed by atoms with Gasteiger partial charge in [0.1, 0.15) is 0 Å². The van der Waals surface area contributed by atoms with Crippen LogP contribution in [0.1, 0.15) is 6.92 Å². The van der Waals surface area contributed by atoms with Gasteiger partial charge in [-0.3, -0.25) is 0 Å². The Hall–Kier alpha value is -3.32. The number of aromatic nitrogens is 1. The van der Waals surface area contributed by atoms with Crippen molar-refractivity contribution in [2.75, 3.05) is 0 Å². The summed E-state index contributed by atoms with van der Waals surface area (Å²) in [4.78, 5) is 0. The zero-order valence-corrected chi connectivity index (χ0v) is 14.9. The number of hydrogen-bond acceptors (Lipinski definition) is 0.